The Kier molecular flexibility index (Phi) is 13.0. The molecule has 0 atom stereocenters. The van der Waals surface area contributed by atoms with Crippen LogP contribution in [0, 0.1) is 12.3 Å². The Balaban J connectivity index is 0.000000926. The van der Waals surface area contributed by atoms with Gasteiger partial charge in [0, 0.05) is 43.8 Å². The summed E-state index contributed by atoms with van der Waals surface area (Å²) < 4.78 is 1.53. The molecule has 0 saturated carbocycles. The van der Waals surface area contributed by atoms with Crippen LogP contribution in [0.1, 0.15) is 40.2 Å². The molecule has 0 aliphatic heterocycles. The van der Waals surface area contributed by atoms with Crippen molar-refractivity contribution < 1.29 is 0 Å². The Morgan fingerprint density at radius 1 is 1.20 bits per heavy atom. The molecule has 3 rings (SSSR count). The predicted octanol–water partition coefficient (Wildman–Crippen LogP) is 4.82. The lowest BCUT2D eigenvalue weighted by Gasteiger charge is -2.27. The Bertz CT molecular complexity index is 1110. The van der Waals surface area contributed by atoms with Gasteiger partial charge in [0.1, 0.15) is 5.39 Å². The van der Waals surface area contributed by atoms with Crippen LogP contribution >= 0.6 is 0 Å². The second kappa shape index (κ2) is 15.4. The van der Waals surface area contributed by atoms with E-state index in [4.69, 9.17) is 5.41 Å². The van der Waals surface area contributed by atoms with Crippen LogP contribution in [0.25, 0.3) is 11.0 Å². The number of nitrogens with one attached hydrogen (secondary N) is 3. The number of hydrogen-bond donors (Lipinski definition) is 3. The average Bonchev–Trinajstić information content (AvgIpc) is 3.16. The molecule has 9 nitrogen and oxygen atoms in total. The van der Waals surface area contributed by atoms with Crippen LogP contribution in [0.4, 0.5) is 17.3 Å². The van der Waals surface area contributed by atoms with Gasteiger partial charge in [0.2, 0.25) is 5.95 Å². The van der Waals surface area contributed by atoms with Gasteiger partial charge in [-0.15, -0.1) is 6.58 Å². The van der Waals surface area contributed by atoms with Crippen LogP contribution in [0.15, 0.2) is 41.8 Å². The molecule has 0 radical (unpaired) electrons. The summed E-state index contributed by atoms with van der Waals surface area (Å²) in [4.78, 5) is 25.6. The van der Waals surface area contributed by atoms with Crippen LogP contribution in [-0.4, -0.2) is 64.1 Å². The van der Waals surface area contributed by atoms with E-state index in [9.17, 15) is 4.79 Å². The first-order valence-electron chi connectivity index (χ1n) is 12.1. The lowest BCUT2D eigenvalue weighted by atomic mass is 10.1. The summed E-state index contributed by atoms with van der Waals surface area (Å²) in [6, 6.07) is 6.29. The summed E-state index contributed by atoms with van der Waals surface area (Å²) in [5, 5.41) is 12.8. The number of benzene rings is 1. The molecule has 1 aromatic carbocycles. The molecule has 0 amide bonds. The van der Waals surface area contributed by atoms with Crippen LogP contribution in [0.5, 0.6) is 0 Å². The first-order chi connectivity index (χ1) is 16.8. The minimum absolute atomic E-state index is 0.0948. The van der Waals surface area contributed by atoms with Gasteiger partial charge in [0.15, 0.2) is 5.65 Å². The van der Waals surface area contributed by atoms with Gasteiger partial charge < -0.3 is 20.5 Å². The van der Waals surface area contributed by atoms with Crippen molar-refractivity contribution in [2.24, 2.45) is 0 Å². The minimum Gasteiger partial charge on any atom is -0.370 e. The second-order valence-corrected chi connectivity index (χ2v) is 7.92. The summed E-state index contributed by atoms with van der Waals surface area (Å²) in [7, 11) is 2.15. The lowest BCUT2D eigenvalue weighted by molar-refractivity contribution is 0.359. The number of aryl methyl sites for hydroxylation is 2. The molecule has 0 saturated heterocycles. The summed E-state index contributed by atoms with van der Waals surface area (Å²) >= 11 is 0. The molecular formula is C26H42N8O. The second-order valence-electron chi connectivity index (χ2n) is 7.92. The fourth-order valence-electron chi connectivity index (χ4n) is 3.35. The lowest BCUT2D eigenvalue weighted by Crippen LogP contribution is -2.33. The zero-order valence-corrected chi connectivity index (χ0v) is 22.4. The molecule has 3 aromatic rings. The molecule has 0 aliphatic rings. The topological polar surface area (TPSA) is 106 Å². The van der Waals surface area contributed by atoms with E-state index in [2.05, 4.69) is 76.7 Å². The van der Waals surface area contributed by atoms with Crippen molar-refractivity contribution in [3.63, 3.8) is 0 Å². The molecule has 0 spiro atoms. The van der Waals surface area contributed by atoms with Gasteiger partial charge in [-0.05, 0) is 78.2 Å². The number of allylic oxidation sites excluding steroid dienone is 1. The molecule has 2 aromatic heterocycles. The van der Waals surface area contributed by atoms with Gasteiger partial charge in [-0.3, -0.25) is 14.6 Å². The standard InChI is InChI=1S/C21H31N7O.C3H6.C2H5N/c1-6-26(5)11-12-27(7-2)18-10-9-16(13-15(18)4)23-21-22-14-17-19(24-21)25-28(8-3)20(17)29;1-3-2;1-2-3/h9-10,13-14H,6-8,11-12H2,1-5H3,(H2,22,23,24,25);3H,1H2,2H3;2-3H,1H3. The number of aromatic amines is 1. The number of anilines is 3. The van der Waals surface area contributed by atoms with Crippen LogP contribution in [0.3, 0.4) is 0 Å². The molecule has 3 N–H and O–H groups in total. The molecule has 192 valence electrons. The van der Waals surface area contributed by atoms with Crippen LogP contribution in [0.2, 0.25) is 0 Å². The van der Waals surface area contributed by atoms with Crippen LogP contribution in [-0.2, 0) is 6.54 Å². The van der Waals surface area contributed by atoms with Gasteiger partial charge in [-0.1, -0.05) is 13.0 Å². The zero-order chi connectivity index (χ0) is 26.4. The molecule has 0 bridgehead atoms. The minimum atomic E-state index is -0.0948. The van der Waals surface area contributed by atoms with Gasteiger partial charge >= 0.3 is 0 Å². The van der Waals surface area contributed by atoms with E-state index >= 15 is 0 Å². The summed E-state index contributed by atoms with van der Waals surface area (Å²) in [6.07, 6.45) is 4.57. The fraction of sp³-hybridized carbons (Fsp3) is 0.462. The molecule has 35 heavy (non-hydrogen) atoms. The highest BCUT2D eigenvalue weighted by Gasteiger charge is 2.11. The van der Waals surface area contributed by atoms with Crippen molar-refractivity contribution in [1.29, 1.82) is 5.41 Å². The first kappa shape index (κ1) is 29.6. The van der Waals surface area contributed by atoms with E-state index in [0.29, 0.717) is 23.5 Å². The highest BCUT2D eigenvalue weighted by Crippen LogP contribution is 2.25. The smallest absolute Gasteiger partial charge is 0.277 e. The first-order valence-corrected chi connectivity index (χ1v) is 12.1. The van der Waals surface area contributed by atoms with E-state index in [1.54, 1.807) is 19.2 Å². The number of nitrogens with zero attached hydrogens (tertiary/aromatic N) is 5. The number of fused-ring (bicyclic) bond motifs is 1. The van der Waals surface area contributed by atoms with Crippen molar-refractivity contribution in [3.8, 4) is 0 Å². The maximum absolute atomic E-state index is 12.1. The third-order valence-electron chi connectivity index (χ3n) is 5.29. The Labute approximate surface area is 209 Å². The monoisotopic (exact) mass is 482 g/mol. The Hall–Kier alpha value is -3.46. The SMILES string of the molecule is C=CC.CC=N.CCN(C)CCN(CC)c1ccc(Nc2ncc3c(=O)n(CC)[nH]c3n2)cc1C. The third-order valence-corrected chi connectivity index (χ3v) is 5.29. The van der Waals surface area contributed by atoms with Crippen molar-refractivity contribution >= 4 is 34.6 Å². The quantitative estimate of drug-likeness (QED) is 0.298. The molecule has 0 unspecified atom stereocenters. The Morgan fingerprint density at radius 3 is 2.40 bits per heavy atom. The highest BCUT2D eigenvalue weighted by molar-refractivity contribution is 5.74. The largest absolute Gasteiger partial charge is 0.370 e. The van der Waals surface area contributed by atoms with E-state index in [-0.39, 0.29) is 5.56 Å². The average molecular weight is 483 g/mol. The number of hydrogen-bond acceptors (Lipinski definition) is 7. The van der Waals surface area contributed by atoms with Gasteiger partial charge in [0.05, 0.1) is 0 Å². The van der Waals surface area contributed by atoms with E-state index in [1.165, 1.54) is 22.1 Å². The molecule has 0 fully saturated rings. The van der Waals surface area contributed by atoms with Crippen LogP contribution < -0.4 is 15.8 Å². The molecule has 2 heterocycles. The maximum atomic E-state index is 12.1. The van der Waals surface area contributed by atoms with E-state index in [0.717, 1.165) is 31.9 Å². The molecular weight excluding hydrogens is 440 g/mol. The number of rotatable bonds is 9. The summed E-state index contributed by atoms with van der Waals surface area (Å²) in [6.45, 7) is 19.9. The zero-order valence-electron chi connectivity index (χ0n) is 22.4. The highest BCUT2D eigenvalue weighted by atomic mass is 16.1. The predicted molar refractivity (Wildman–Crippen MR) is 150 cm³/mol. The van der Waals surface area contributed by atoms with E-state index in [1.807, 2.05) is 19.9 Å². The maximum Gasteiger partial charge on any atom is 0.277 e. The van der Waals surface area contributed by atoms with Crippen molar-refractivity contribution in [1.82, 2.24) is 24.6 Å². The van der Waals surface area contributed by atoms with Crippen molar-refractivity contribution in [3.05, 3.63) is 53.0 Å². The van der Waals surface area contributed by atoms with E-state index < -0.39 is 0 Å². The normalized spacial score (nSPS) is 10.2. The third kappa shape index (κ3) is 8.68. The Morgan fingerprint density at radius 2 is 1.86 bits per heavy atom. The molecule has 9 heteroatoms. The van der Waals surface area contributed by atoms with Crippen molar-refractivity contribution in [2.75, 3.05) is 43.4 Å². The fourth-order valence-corrected chi connectivity index (χ4v) is 3.35. The van der Waals surface area contributed by atoms with Crippen molar-refractivity contribution in [2.45, 2.75) is 48.1 Å². The summed E-state index contributed by atoms with van der Waals surface area (Å²) in [5.74, 6) is 0.464. The number of aromatic nitrogens is 4. The van der Waals surface area contributed by atoms with Gasteiger partial charge in [-0.25, -0.2) is 4.98 Å². The number of likely N-dealkylation sites (N-methyl/N-ethyl adjacent to an activating group) is 2. The number of H-pyrrole nitrogens is 1. The van der Waals surface area contributed by atoms with Gasteiger partial charge in [-0.2, -0.15) is 4.98 Å². The molecule has 0 aliphatic carbocycles. The summed E-state index contributed by atoms with van der Waals surface area (Å²) in [5.41, 5.74) is 3.80. The van der Waals surface area contributed by atoms with Gasteiger partial charge in [0.25, 0.3) is 5.56 Å².